The number of halogens is 11. The molecule has 0 aliphatic heterocycles. The summed E-state index contributed by atoms with van der Waals surface area (Å²) >= 11 is 14.1. The second-order valence-electron chi connectivity index (χ2n) is 5.51. The minimum absolute atomic E-state index is 0.0479. The zero-order chi connectivity index (χ0) is 24.3. The molecule has 3 rings (SSSR count). The quantitative estimate of drug-likeness (QED) is 0.292. The smallest absolute Gasteiger partial charge is 0.408 e. The molecular weight excluding hydrogens is 676 g/mol. The number of rotatable bonds is 4. The first-order valence-corrected chi connectivity index (χ1v) is 10.5. The summed E-state index contributed by atoms with van der Waals surface area (Å²) in [6.07, 6.45) is -8.80. The van der Waals surface area contributed by atoms with E-state index in [4.69, 9.17) is 16.3 Å². The van der Waals surface area contributed by atoms with E-state index in [1.165, 1.54) is 18.2 Å². The fourth-order valence-corrected chi connectivity index (χ4v) is 3.36. The summed E-state index contributed by atoms with van der Waals surface area (Å²) in [5.74, 6) is -1.24. The van der Waals surface area contributed by atoms with Crippen molar-refractivity contribution in [3.05, 3.63) is 43.2 Å². The fraction of sp³-hybridized carbons (Fsp3) is 0.286. The molecule has 7 nitrogen and oxygen atoms in total. The van der Waals surface area contributed by atoms with E-state index in [1.54, 1.807) is 0 Å². The van der Waals surface area contributed by atoms with Gasteiger partial charge in [0.05, 0.1) is 5.02 Å². The van der Waals surface area contributed by atoms with E-state index in [1.807, 2.05) is 0 Å². The van der Waals surface area contributed by atoms with Crippen molar-refractivity contribution in [3.63, 3.8) is 0 Å². The van der Waals surface area contributed by atoms with E-state index in [0.717, 1.165) is 0 Å². The van der Waals surface area contributed by atoms with Crippen LogP contribution in [0.3, 0.4) is 0 Å². The van der Waals surface area contributed by atoms with E-state index in [9.17, 15) is 30.7 Å². The van der Waals surface area contributed by atoms with Gasteiger partial charge in [0, 0.05) is 0 Å². The summed E-state index contributed by atoms with van der Waals surface area (Å²) in [4.78, 5) is 7.18. The van der Waals surface area contributed by atoms with Crippen LogP contribution in [0.15, 0.2) is 32.4 Å². The number of ether oxygens (including phenoxy) is 1. The molecule has 1 aromatic carbocycles. The summed E-state index contributed by atoms with van der Waals surface area (Å²) in [5.41, 5.74) is 0. The number of nitrogens with zero attached hydrogens (tertiary/aromatic N) is 6. The Morgan fingerprint density at radius 1 is 0.875 bits per heavy atom. The highest BCUT2D eigenvalue weighted by Crippen LogP contribution is 2.30. The molecule has 0 bridgehead atoms. The molecule has 32 heavy (non-hydrogen) atoms. The minimum Gasteiger partial charge on any atom is -0.421 e. The van der Waals surface area contributed by atoms with Gasteiger partial charge in [0.1, 0.15) is 13.1 Å². The Bertz CT molecular complexity index is 1070. The van der Waals surface area contributed by atoms with Gasteiger partial charge in [-0.3, -0.25) is 0 Å². The number of aromatic nitrogens is 6. The van der Waals surface area contributed by atoms with Gasteiger partial charge in [-0.25, -0.2) is 13.8 Å². The molecule has 0 spiro atoms. The van der Waals surface area contributed by atoms with Crippen molar-refractivity contribution < 1.29 is 35.5 Å². The van der Waals surface area contributed by atoms with Crippen LogP contribution in [-0.2, 0) is 13.1 Å². The molecule has 0 aliphatic rings. The molecule has 0 fully saturated rings. The molecular formula is C14H7Br3ClF7N6O. The molecule has 0 saturated carbocycles. The predicted molar refractivity (Wildman–Crippen MR) is 107 cm³/mol. The van der Waals surface area contributed by atoms with Crippen LogP contribution in [0.2, 0.25) is 5.02 Å². The van der Waals surface area contributed by atoms with Gasteiger partial charge < -0.3 is 4.74 Å². The number of alkyl halides is 6. The Labute approximate surface area is 204 Å². The molecule has 3 aromatic rings. The zero-order valence-electron chi connectivity index (χ0n) is 14.9. The van der Waals surface area contributed by atoms with Gasteiger partial charge in [0.25, 0.3) is 0 Å². The predicted octanol–water partition coefficient (Wildman–Crippen LogP) is 6.55. The minimum atomic E-state index is -4.52. The number of hydrogen-bond donors (Lipinski definition) is 0. The molecule has 0 unspecified atom stereocenters. The van der Waals surface area contributed by atoms with Crippen LogP contribution < -0.4 is 4.74 Å². The molecule has 176 valence electrons. The number of hydrogen-bond acceptors (Lipinski definition) is 5. The highest BCUT2D eigenvalue weighted by atomic mass is 79.9. The standard InChI is InChI=1S/C10H5BrClF4N3O.C4H2Br2F3N3/c11-8-17-9(19(18-8)4-10(14,15)16)20-6-3-1-2-5(12)7(6)13;5-2-10-3(6)12(11-2)1-4(7,8)9/h1-3H,4H2;1H2. The zero-order valence-corrected chi connectivity index (χ0v) is 20.4. The topological polar surface area (TPSA) is 70.7 Å². The summed E-state index contributed by atoms with van der Waals surface area (Å²) in [6, 6.07) is 3.37. The third kappa shape index (κ3) is 8.47. The second-order valence-corrected chi connectivity index (χ2v) is 8.05. The van der Waals surface area contributed by atoms with Crippen molar-refractivity contribution in [2.75, 3.05) is 0 Å². The molecule has 18 heteroatoms. The van der Waals surface area contributed by atoms with Gasteiger partial charge in [-0.2, -0.15) is 36.3 Å². The first-order chi connectivity index (χ1) is 14.6. The lowest BCUT2D eigenvalue weighted by Gasteiger charge is -2.10. The van der Waals surface area contributed by atoms with E-state index in [-0.39, 0.29) is 25.0 Å². The summed E-state index contributed by atoms with van der Waals surface area (Å²) in [7, 11) is 0. The first-order valence-electron chi connectivity index (χ1n) is 7.76. The van der Waals surface area contributed by atoms with E-state index in [0.29, 0.717) is 9.36 Å². The van der Waals surface area contributed by atoms with Crippen LogP contribution in [0.5, 0.6) is 11.8 Å². The molecule has 0 N–H and O–H groups in total. The third-order valence-corrected chi connectivity index (χ3v) is 4.54. The molecule has 0 aliphatic carbocycles. The maximum absolute atomic E-state index is 13.6. The normalized spacial score (nSPS) is 11.8. The monoisotopic (exact) mass is 680 g/mol. The molecule has 0 radical (unpaired) electrons. The highest BCUT2D eigenvalue weighted by Gasteiger charge is 2.31. The van der Waals surface area contributed by atoms with Gasteiger partial charge in [-0.1, -0.05) is 17.7 Å². The van der Waals surface area contributed by atoms with Crippen molar-refractivity contribution in [1.82, 2.24) is 29.5 Å². The van der Waals surface area contributed by atoms with E-state index < -0.39 is 37.3 Å². The lowest BCUT2D eigenvalue weighted by molar-refractivity contribution is -0.144. The average molecular weight is 683 g/mol. The van der Waals surface area contributed by atoms with Crippen molar-refractivity contribution in [3.8, 4) is 11.8 Å². The first kappa shape index (κ1) is 26.8. The fourth-order valence-electron chi connectivity index (χ4n) is 1.88. The van der Waals surface area contributed by atoms with E-state index >= 15 is 0 Å². The van der Waals surface area contributed by atoms with Crippen LogP contribution in [0, 0.1) is 5.82 Å². The van der Waals surface area contributed by atoms with Crippen LogP contribution in [0.4, 0.5) is 30.7 Å². The molecule has 0 atom stereocenters. The number of benzene rings is 1. The van der Waals surface area contributed by atoms with Crippen molar-refractivity contribution in [1.29, 1.82) is 0 Å². The van der Waals surface area contributed by atoms with Crippen molar-refractivity contribution in [2.24, 2.45) is 0 Å². The van der Waals surface area contributed by atoms with E-state index in [2.05, 4.69) is 68.0 Å². The highest BCUT2D eigenvalue weighted by molar-refractivity contribution is 9.11. The Morgan fingerprint density at radius 3 is 1.94 bits per heavy atom. The Hall–Kier alpha value is -1.46. The SMILES string of the molecule is FC(F)(F)Cn1nc(Br)nc1Br.Fc1c(Cl)cccc1Oc1nc(Br)nn1CC(F)(F)F. The van der Waals surface area contributed by atoms with Crippen molar-refractivity contribution in [2.45, 2.75) is 25.4 Å². The Morgan fingerprint density at radius 2 is 1.41 bits per heavy atom. The Balaban J connectivity index is 0.000000258. The lowest BCUT2D eigenvalue weighted by Crippen LogP contribution is -2.19. The molecule has 0 amide bonds. The van der Waals surface area contributed by atoms with Crippen LogP contribution in [0.1, 0.15) is 0 Å². The van der Waals surface area contributed by atoms with Crippen LogP contribution in [0.25, 0.3) is 0 Å². The third-order valence-electron chi connectivity index (χ3n) is 2.99. The van der Waals surface area contributed by atoms with Gasteiger partial charge in [-0.05, 0) is 59.9 Å². The maximum Gasteiger partial charge on any atom is 0.408 e. The summed E-state index contributed by atoms with van der Waals surface area (Å²) in [5, 5.41) is 6.70. The second kappa shape index (κ2) is 10.6. The van der Waals surface area contributed by atoms with Gasteiger partial charge in [-0.15, -0.1) is 10.2 Å². The average Bonchev–Trinajstić information content (AvgIpc) is 3.10. The van der Waals surface area contributed by atoms with Crippen LogP contribution in [-0.4, -0.2) is 41.9 Å². The molecule has 2 aromatic heterocycles. The Kier molecular flexibility index (Phi) is 8.91. The van der Waals surface area contributed by atoms with Gasteiger partial charge in [0.2, 0.25) is 9.47 Å². The summed E-state index contributed by atoms with van der Waals surface area (Å²) in [6.45, 7) is -2.56. The van der Waals surface area contributed by atoms with Gasteiger partial charge >= 0.3 is 18.4 Å². The van der Waals surface area contributed by atoms with Crippen molar-refractivity contribution >= 4 is 59.4 Å². The lowest BCUT2D eigenvalue weighted by atomic mass is 10.3. The van der Waals surface area contributed by atoms with Gasteiger partial charge in [0.15, 0.2) is 16.3 Å². The maximum atomic E-state index is 13.6. The summed E-state index contributed by atoms with van der Waals surface area (Å²) < 4.78 is 92.3. The molecule has 0 saturated heterocycles. The largest absolute Gasteiger partial charge is 0.421 e. The molecule has 2 heterocycles. The van der Waals surface area contributed by atoms with Crippen LogP contribution >= 0.6 is 59.4 Å².